The van der Waals surface area contributed by atoms with E-state index < -0.39 is 0 Å². The second kappa shape index (κ2) is 9.27. The molecule has 0 bridgehead atoms. The smallest absolute Gasteiger partial charge is 0.234 e. The van der Waals surface area contributed by atoms with Gasteiger partial charge in [-0.3, -0.25) is 9.69 Å². The van der Waals surface area contributed by atoms with Gasteiger partial charge in [0.05, 0.1) is 0 Å². The van der Waals surface area contributed by atoms with Crippen LogP contribution in [0.2, 0.25) is 0 Å². The molecule has 28 heavy (non-hydrogen) atoms. The summed E-state index contributed by atoms with van der Waals surface area (Å²) in [4.78, 5) is 15.0. The van der Waals surface area contributed by atoms with E-state index in [9.17, 15) is 4.79 Å². The molecule has 1 N–H and O–H groups in total. The zero-order chi connectivity index (χ0) is 21.0. The van der Waals surface area contributed by atoms with E-state index in [0.717, 1.165) is 36.4 Å². The van der Waals surface area contributed by atoms with E-state index in [-0.39, 0.29) is 17.7 Å². The lowest BCUT2D eigenvalue weighted by atomic mass is 9.74. The Labute approximate surface area is 171 Å². The minimum absolute atomic E-state index is 0.0316. The van der Waals surface area contributed by atoms with Gasteiger partial charge >= 0.3 is 0 Å². The van der Waals surface area contributed by atoms with Crippen LogP contribution in [0.1, 0.15) is 53.9 Å². The molecular weight excluding hydrogens is 344 g/mol. The number of hydrogen-bond donors (Lipinski definition) is 1. The van der Waals surface area contributed by atoms with Crippen molar-refractivity contribution in [2.75, 3.05) is 7.05 Å². The second-order valence-electron chi connectivity index (χ2n) is 8.41. The summed E-state index contributed by atoms with van der Waals surface area (Å²) < 4.78 is 0. The normalized spacial score (nSPS) is 26.3. The number of carbonyl (C=O) groups excluding carboxylic acids is 1. The zero-order valence-electron chi connectivity index (χ0n) is 18.4. The summed E-state index contributed by atoms with van der Waals surface area (Å²) in [5, 5.41) is 3.16. The largest absolute Gasteiger partial charge is 0.392 e. The van der Waals surface area contributed by atoms with Gasteiger partial charge in [0.2, 0.25) is 5.91 Å². The first kappa shape index (κ1) is 22.0. The number of hydrogen-bond acceptors (Lipinski definition) is 2. The van der Waals surface area contributed by atoms with Crippen LogP contribution in [0.15, 0.2) is 71.3 Å². The minimum Gasteiger partial charge on any atom is -0.392 e. The van der Waals surface area contributed by atoms with E-state index in [1.54, 1.807) is 0 Å². The Hall–Kier alpha value is -2.29. The maximum atomic E-state index is 13.1. The van der Waals surface area contributed by atoms with Gasteiger partial charge in [-0.25, -0.2) is 0 Å². The van der Waals surface area contributed by atoms with Crippen LogP contribution < -0.4 is 5.32 Å². The predicted molar refractivity (Wildman–Crippen MR) is 119 cm³/mol. The van der Waals surface area contributed by atoms with Crippen LogP contribution in [0, 0.1) is 17.8 Å². The molecule has 1 heterocycles. The Morgan fingerprint density at radius 1 is 1.00 bits per heavy atom. The molecule has 1 amide bonds. The molecule has 0 aromatic carbocycles. The summed E-state index contributed by atoms with van der Waals surface area (Å²) in [6.45, 7) is 18.8. The van der Waals surface area contributed by atoms with Crippen molar-refractivity contribution in [2.45, 2.75) is 53.9 Å². The maximum absolute atomic E-state index is 13.1. The predicted octanol–water partition coefficient (Wildman–Crippen LogP) is 5.87. The van der Waals surface area contributed by atoms with Crippen molar-refractivity contribution >= 4 is 5.91 Å². The Morgan fingerprint density at radius 3 is 2.18 bits per heavy atom. The first-order chi connectivity index (χ1) is 13.2. The second-order valence-corrected chi connectivity index (χ2v) is 8.41. The molecule has 0 radical (unpaired) electrons. The number of nitrogens with zero attached hydrogens (tertiary/aromatic N) is 1. The highest BCUT2D eigenvalue weighted by Crippen LogP contribution is 2.47. The number of allylic oxidation sites excluding steroid dienone is 10. The van der Waals surface area contributed by atoms with Crippen LogP contribution in [-0.2, 0) is 4.79 Å². The van der Waals surface area contributed by atoms with Crippen molar-refractivity contribution in [3.8, 4) is 0 Å². The molecule has 3 heteroatoms. The van der Waals surface area contributed by atoms with Crippen molar-refractivity contribution in [3.63, 3.8) is 0 Å². The van der Waals surface area contributed by atoms with Crippen LogP contribution in [0.4, 0.5) is 0 Å². The monoisotopic (exact) mass is 380 g/mol. The van der Waals surface area contributed by atoms with Crippen molar-refractivity contribution in [1.82, 2.24) is 10.2 Å². The van der Waals surface area contributed by atoms with Gasteiger partial charge in [0, 0.05) is 36.0 Å². The summed E-state index contributed by atoms with van der Waals surface area (Å²) in [6.07, 6.45) is 11.3. The molecule has 152 valence electrons. The van der Waals surface area contributed by atoms with Crippen LogP contribution >= 0.6 is 0 Å². The summed E-state index contributed by atoms with van der Waals surface area (Å²) in [7, 11) is 1.91. The molecule has 0 aromatic rings. The van der Waals surface area contributed by atoms with Crippen LogP contribution in [-0.4, -0.2) is 17.9 Å². The number of fused-ring (bicyclic) bond motifs is 1. The Balaban J connectivity index is 2.18. The van der Waals surface area contributed by atoms with Crippen molar-refractivity contribution in [1.29, 1.82) is 0 Å². The quantitative estimate of drug-likeness (QED) is 0.584. The molecular formula is C25H36N2O. The van der Waals surface area contributed by atoms with Gasteiger partial charge in [-0.05, 0) is 77.0 Å². The standard InChI is InChI=1S/C25H36N2O/c1-16(2)9-10-17(3)18(4)11-12-19(5)27-21(7)23-14-13-22(20(6)26-8)15-24(23)25(27)28/h9-12,22-24,26H,6-7,13-15H2,1-5,8H3/b17-10+,18-11+,19-12+. The summed E-state index contributed by atoms with van der Waals surface area (Å²) in [6, 6.07) is 0. The average Bonchev–Trinajstić information content (AvgIpc) is 2.93. The highest BCUT2D eigenvalue weighted by Gasteiger charge is 2.47. The number of carbonyl (C=O) groups is 1. The molecule has 2 aliphatic rings. The summed E-state index contributed by atoms with van der Waals surface area (Å²) in [5.74, 6) is 0.864. The molecule has 1 saturated carbocycles. The van der Waals surface area contributed by atoms with Gasteiger partial charge in [-0.2, -0.15) is 0 Å². The lowest BCUT2D eigenvalue weighted by molar-refractivity contribution is -0.129. The molecule has 1 aliphatic heterocycles. The Kier molecular flexibility index (Phi) is 7.29. The van der Waals surface area contributed by atoms with Gasteiger partial charge in [-0.1, -0.05) is 37.0 Å². The molecule has 3 atom stereocenters. The Morgan fingerprint density at radius 2 is 1.61 bits per heavy atom. The first-order valence-electron chi connectivity index (χ1n) is 10.2. The third kappa shape index (κ3) is 4.76. The van der Waals surface area contributed by atoms with E-state index in [1.807, 2.05) is 24.9 Å². The van der Waals surface area contributed by atoms with Gasteiger partial charge < -0.3 is 5.32 Å². The van der Waals surface area contributed by atoms with Crippen LogP contribution in [0.25, 0.3) is 0 Å². The molecule has 1 aliphatic carbocycles. The Bertz CT molecular complexity index is 774. The molecule has 2 rings (SSSR count). The maximum Gasteiger partial charge on any atom is 0.234 e. The molecule has 2 fully saturated rings. The van der Waals surface area contributed by atoms with Crippen LogP contribution in [0.5, 0.6) is 0 Å². The average molecular weight is 381 g/mol. The fourth-order valence-electron chi connectivity index (χ4n) is 4.11. The van der Waals surface area contributed by atoms with E-state index in [0.29, 0.717) is 5.92 Å². The third-order valence-corrected chi connectivity index (χ3v) is 6.13. The fourth-order valence-corrected chi connectivity index (χ4v) is 4.11. The summed E-state index contributed by atoms with van der Waals surface area (Å²) >= 11 is 0. The number of rotatable bonds is 6. The van der Waals surface area contributed by atoms with Crippen molar-refractivity contribution < 1.29 is 4.79 Å². The molecule has 1 saturated heterocycles. The first-order valence-corrected chi connectivity index (χ1v) is 10.2. The number of amides is 1. The molecule has 3 unspecified atom stereocenters. The summed E-state index contributed by atoms with van der Waals surface area (Å²) in [5.41, 5.74) is 6.64. The van der Waals surface area contributed by atoms with E-state index in [4.69, 9.17) is 0 Å². The van der Waals surface area contributed by atoms with E-state index in [2.05, 4.69) is 64.4 Å². The number of nitrogens with one attached hydrogen (secondary N) is 1. The van der Waals surface area contributed by atoms with Crippen molar-refractivity contribution in [2.24, 2.45) is 17.8 Å². The fraction of sp³-hybridized carbons (Fsp3) is 0.480. The molecule has 0 aromatic heterocycles. The van der Waals surface area contributed by atoms with Crippen molar-refractivity contribution in [3.05, 3.63) is 71.3 Å². The lowest BCUT2D eigenvalue weighted by Gasteiger charge is -2.30. The third-order valence-electron chi connectivity index (χ3n) is 6.13. The highest BCUT2D eigenvalue weighted by molar-refractivity contribution is 5.86. The van der Waals surface area contributed by atoms with Gasteiger partial charge in [0.15, 0.2) is 0 Å². The zero-order valence-corrected chi connectivity index (χ0v) is 18.4. The molecule has 0 spiro atoms. The topological polar surface area (TPSA) is 32.3 Å². The van der Waals surface area contributed by atoms with E-state index in [1.165, 1.54) is 16.7 Å². The lowest BCUT2D eigenvalue weighted by Crippen LogP contribution is -2.30. The van der Waals surface area contributed by atoms with E-state index >= 15 is 0 Å². The van der Waals surface area contributed by atoms with Gasteiger partial charge in [-0.15, -0.1) is 0 Å². The molecule has 3 nitrogen and oxygen atoms in total. The highest BCUT2D eigenvalue weighted by atomic mass is 16.2. The van der Waals surface area contributed by atoms with Gasteiger partial charge in [0.1, 0.15) is 0 Å². The van der Waals surface area contributed by atoms with Gasteiger partial charge in [0.25, 0.3) is 0 Å². The number of likely N-dealkylation sites (tertiary alicyclic amines) is 1. The van der Waals surface area contributed by atoms with Crippen LogP contribution in [0.3, 0.4) is 0 Å². The minimum atomic E-state index is 0.0316. The SMILES string of the molecule is C=C(NC)C1CCC2C(=C)N(/C(C)=C/C=C(C)/C(C)=C/C=C(C)C)C(=O)C2C1.